The number of carbonyl (C=O) groups excluding carboxylic acids is 1. The Labute approximate surface area is 95.0 Å². The predicted molar refractivity (Wildman–Crippen MR) is 66.9 cm³/mol. The second-order valence-electron chi connectivity index (χ2n) is 4.73. The molecule has 0 radical (unpaired) electrons. The minimum atomic E-state index is 0.207. The Kier molecular flexibility index (Phi) is 8.35. The van der Waals surface area contributed by atoms with Crippen LogP contribution in [-0.4, -0.2) is 6.29 Å². The van der Waals surface area contributed by atoms with E-state index in [1.807, 2.05) is 6.92 Å². The van der Waals surface area contributed by atoms with E-state index in [1.165, 1.54) is 31.3 Å². The van der Waals surface area contributed by atoms with Crippen LogP contribution in [0.2, 0.25) is 0 Å². The Bertz CT molecular complexity index is 184. The molecule has 0 aromatic rings. The van der Waals surface area contributed by atoms with Crippen molar-refractivity contribution >= 4 is 6.29 Å². The monoisotopic (exact) mass is 210 g/mol. The first-order valence-electron chi connectivity index (χ1n) is 6.22. The molecule has 2 unspecified atom stereocenters. The lowest BCUT2D eigenvalue weighted by Gasteiger charge is -2.17. The summed E-state index contributed by atoms with van der Waals surface area (Å²) in [5.74, 6) is 0.831. The van der Waals surface area contributed by atoms with E-state index in [2.05, 4.69) is 20.4 Å². The molecule has 15 heavy (non-hydrogen) atoms. The van der Waals surface area contributed by atoms with E-state index in [0.29, 0.717) is 5.92 Å². The highest BCUT2D eigenvalue weighted by molar-refractivity contribution is 5.52. The number of aldehydes is 1. The van der Waals surface area contributed by atoms with E-state index in [1.54, 1.807) is 0 Å². The molecule has 0 aliphatic heterocycles. The van der Waals surface area contributed by atoms with Gasteiger partial charge in [-0.15, -0.1) is 0 Å². The van der Waals surface area contributed by atoms with Crippen molar-refractivity contribution in [1.82, 2.24) is 0 Å². The Morgan fingerprint density at radius 3 is 2.40 bits per heavy atom. The van der Waals surface area contributed by atoms with Gasteiger partial charge in [0, 0.05) is 5.92 Å². The average Bonchev–Trinajstić information content (AvgIpc) is 2.22. The lowest BCUT2D eigenvalue weighted by atomic mass is 9.88. The van der Waals surface area contributed by atoms with Crippen molar-refractivity contribution in [2.24, 2.45) is 11.8 Å². The Morgan fingerprint density at radius 1 is 1.27 bits per heavy atom. The molecule has 0 saturated heterocycles. The molecule has 0 spiro atoms. The molecule has 0 saturated carbocycles. The number of allylic oxidation sites excluding steroid dienone is 1. The number of hydrogen-bond donors (Lipinski definition) is 0. The molecule has 88 valence electrons. The van der Waals surface area contributed by atoms with Crippen LogP contribution in [0, 0.1) is 11.8 Å². The Hall–Kier alpha value is -0.590. The fraction of sp³-hybridized carbons (Fsp3) is 0.786. The van der Waals surface area contributed by atoms with E-state index in [-0.39, 0.29) is 5.92 Å². The van der Waals surface area contributed by atoms with Gasteiger partial charge in [0.15, 0.2) is 0 Å². The Morgan fingerprint density at radius 2 is 1.93 bits per heavy atom. The standard InChI is InChI=1S/C14H26O/c1-5-6-7-8-14(12(2)3)10-9-13(4)11-15/h11,13-14H,2,5-10H2,1,3-4H3. The van der Waals surface area contributed by atoms with Crippen LogP contribution in [0.1, 0.15) is 59.3 Å². The molecule has 0 amide bonds. The first kappa shape index (κ1) is 14.4. The number of unbranched alkanes of at least 4 members (excludes halogenated alkanes) is 2. The molecular weight excluding hydrogens is 184 g/mol. The number of rotatable bonds is 9. The Balaban J connectivity index is 3.83. The van der Waals surface area contributed by atoms with Gasteiger partial charge in [0.2, 0.25) is 0 Å². The van der Waals surface area contributed by atoms with Crippen LogP contribution in [0.15, 0.2) is 12.2 Å². The summed E-state index contributed by atoms with van der Waals surface area (Å²) >= 11 is 0. The fourth-order valence-electron chi connectivity index (χ4n) is 1.81. The third-order valence-electron chi connectivity index (χ3n) is 3.06. The molecule has 0 aromatic carbocycles. The molecular formula is C14H26O. The zero-order valence-corrected chi connectivity index (χ0v) is 10.6. The van der Waals surface area contributed by atoms with Gasteiger partial charge in [-0.25, -0.2) is 0 Å². The molecule has 0 aliphatic rings. The van der Waals surface area contributed by atoms with Gasteiger partial charge in [-0.2, -0.15) is 0 Å². The van der Waals surface area contributed by atoms with E-state index >= 15 is 0 Å². The van der Waals surface area contributed by atoms with E-state index in [4.69, 9.17) is 0 Å². The lowest BCUT2D eigenvalue weighted by molar-refractivity contribution is -0.110. The van der Waals surface area contributed by atoms with Crippen molar-refractivity contribution < 1.29 is 4.79 Å². The topological polar surface area (TPSA) is 17.1 Å². The molecule has 0 fully saturated rings. The summed E-state index contributed by atoms with van der Waals surface area (Å²) in [5, 5.41) is 0. The molecule has 0 N–H and O–H groups in total. The quantitative estimate of drug-likeness (QED) is 0.314. The molecule has 0 rings (SSSR count). The van der Waals surface area contributed by atoms with Crippen molar-refractivity contribution in [3.05, 3.63) is 12.2 Å². The van der Waals surface area contributed by atoms with E-state index < -0.39 is 0 Å². The normalized spacial score (nSPS) is 14.6. The second kappa shape index (κ2) is 8.70. The first-order valence-corrected chi connectivity index (χ1v) is 6.22. The average molecular weight is 210 g/mol. The van der Waals surface area contributed by atoms with Crippen LogP contribution < -0.4 is 0 Å². The van der Waals surface area contributed by atoms with Crippen LogP contribution >= 0.6 is 0 Å². The summed E-state index contributed by atoms with van der Waals surface area (Å²) in [7, 11) is 0. The zero-order chi connectivity index (χ0) is 11.7. The second-order valence-corrected chi connectivity index (χ2v) is 4.73. The van der Waals surface area contributed by atoms with Gasteiger partial charge in [0.25, 0.3) is 0 Å². The maximum Gasteiger partial charge on any atom is 0.122 e. The minimum absolute atomic E-state index is 0.207. The van der Waals surface area contributed by atoms with Crippen LogP contribution in [0.3, 0.4) is 0 Å². The van der Waals surface area contributed by atoms with Crippen LogP contribution in [-0.2, 0) is 4.79 Å². The molecule has 0 aromatic heterocycles. The molecule has 0 bridgehead atoms. The van der Waals surface area contributed by atoms with Crippen molar-refractivity contribution in [2.45, 2.75) is 59.3 Å². The lowest BCUT2D eigenvalue weighted by Crippen LogP contribution is -2.05. The number of hydrogen-bond acceptors (Lipinski definition) is 1. The summed E-state index contributed by atoms with van der Waals surface area (Å²) < 4.78 is 0. The summed E-state index contributed by atoms with van der Waals surface area (Å²) in [5.41, 5.74) is 1.28. The highest BCUT2D eigenvalue weighted by Crippen LogP contribution is 2.23. The highest BCUT2D eigenvalue weighted by atomic mass is 16.1. The van der Waals surface area contributed by atoms with Crippen LogP contribution in [0.5, 0.6) is 0 Å². The maximum absolute atomic E-state index is 10.5. The third kappa shape index (κ3) is 7.35. The van der Waals surface area contributed by atoms with Gasteiger partial charge < -0.3 is 4.79 Å². The van der Waals surface area contributed by atoms with E-state index in [0.717, 1.165) is 19.1 Å². The highest BCUT2D eigenvalue weighted by Gasteiger charge is 2.10. The largest absolute Gasteiger partial charge is 0.303 e. The van der Waals surface area contributed by atoms with Gasteiger partial charge in [-0.3, -0.25) is 0 Å². The molecule has 0 aliphatic carbocycles. The van der Waals surface area contributed by atoms with Gasteiger partial charge in [0.05, 0.1) is 0 Å². The van der Waals surface area contributed by atoms with Crippen molar-refractivity contribution in [3.8, 4) is 0 Å². The first-order chi connectivity index (χ1) is 7.11. The molecule has 1 nitrogen and oxygen atoms in total. The van der Waals surface area contributed by atoms with Crippen molar-refractivity contribution in [1.29, 1.82) is 0 Å². The van der Waals surface area contributed by atoms with Gasteiger partial charge in [-0.05, 0) is 32.1 Å². The maximum atomic E-state index is 10.5. The van der Waals surface area contributed by atoms with Gasteiger partial charge >= 0.3 is 0 Å². The predicted octanol–water partition coefficient (Wildman–Crippen LogP) is 4.37. The molecule has 0 heterocycles. The van der Waals surface area contributed by atoms with Crippen molar-refractivity contribution in [2.75, 3.05) is 0 Å². The van der Waals surface area contributed by atoms with Crippen LogP contribution in [0.25, 0.3) is 0 Å². The smallest absolute Gasteiger partial charge is 0.122 e. The third-order valence-corrected chi connectivity index (χ3v) is 3.06. The molecule has 2 atom stereocenters. The number of carbonyl (C=O) groups is 1. The summed E-state index contributed by atoms with van der Waals surface area (Å²) in [4.78, 5) is 10.5. The SMILES string of the molecule is C=C(C)C(CCCCC)CCC(C)C=O. The molecule has 1 heteroatoms. The van der Waals surface area contributed by atoms with Crippen LogP contribution in [0.4, 0.5) is 0 Å². The van der Waals surface area contributed by atoms with Gasteiger partial charge in [-0.1, -0.05) is 45.3 Å². The summed E-state index contributed by atoms with van der Waals surface area (Å²) in [6.45, 7) is 10.4. The minimum Gasteiger partial charge on any atom is -0.303 e. The van der Waals surface area contributed by atoms with Crippen molar-refractivity contribution in [3.63, 3.8) is 0 Å². The zero-order valence-electron chi connectivity index (χ0n) is 10.6. The summed E-state index contributed by atoms with van der Waals surface area (Å²) in [6, 6.07) is 0. The van der Waals surface area contributed by atoms with Gasteiger partial charge in [0.1, 0.15) is 6.29 Å². The van der Waals surface area contributed by atoms with E-state index in [9.17, 15) is 4.79 Å². The fourth-order valence-corrected chi connectivity index (χ4v) is 1.81. The summed E-state index contributed by atoms with van der Waals surface area (Å²) in [6.07, 6.45) is 8.31.